The first-order valence-electron chi connectivity index (χ1n) is 5.90. The van der Waals surface area contributed by atoms with Crippen molar-refractivity contribution in [1.29, 1.82) is 0 Å². The minimum Gasteiger partial charge on any atom is -0.408 e. The summed E-state index contributed by atoms with van der Waals surface area (Å²) in [6.45, 7) is 3.92. The van der Waals surface area contributed by atoms with E-state index < -0.39 is 5.54 Å². The number of fused-ring (bicyclic) bond motifs is 1. The lowest BCUT2D eigenvalue weighted by Gasteiger charge is -2.30. The molecule has 5 nitrogen and oxygen atoms in total. The van der Waals surface area contributed by atoms with Crippen molar-refractivity contribution in [3.05, 3.63) is 34.3 Å². The average Bonchev–Trinajstić information content (AvgIpc) is 2.53. The molecular weight excluding hydrogens is 230 g/mol. The van der Waals surface area contributed by atoms with E-state index in [9.17, 15) is 4.79 Å². The Kier molecular flexibility index (Phi) is 3.04. The number of nitrogens with two attached hydrogens (primary N) is 1. The van der Waals surface area contributed by atoms with Crippen LogP contribution in [0.15, 0.2) is 27.4 Å². The number of aryl methyl sites for hydroxylation is 1. The third kappa shape index (κ3) is 2.07. The van der Waals surface area contributed by atoms with Crippen molar-refractivity contribution in [3.8, 4) is 0 Å². The van der Waals surface area contributed by atoms with Crippen LogP contribution in [0.3, 0.4) is 0 Å². The Morgan fingerprint density at radius 2 is 2.11 bits per heavy atom. The fourth-order valence-electron chi connectivity index (χ4n) is 2.30. The summed E-state index contributed by atoms with van der Waals surface area (Å²) in [7, 11) is 3.56. The Labute approximate surface area is 106 Å². The Hall–Kier alpha value is -1.59. The van der Waals surface area contributed by atoms with Crippen LogP contribution in [-0.4, -0.2) is 17.2 Å². The summed E-state index contributed by atoms with van der Waals surface area (Å²) in [6, 6.07) is 5.71. The van der Waals surface area contributed by atoms with Gasteiger partial charge >= 0.3 is 5.76 Å². The van der Waals surface area contributed by atoms with Crippen LogP contribution in [0.4, 0.5) is 0 Å². The van der Waals surface area contributed by atoms with Crippen LogP contribution in [0.1, 0.15) is 25.5 Å². The van der Waals surface area contributed by atoms with Gasteiger partial charge in [-0.2, -0.15) is 0 Å². The number of hydrogen-bond acceptors (Lipinski definition) is 4. The van der Waals surface area contributed by atoms with E-state index in [1.807, 2.05) is 39.1 Å². The van der Waals surface area contributed by atoms with E-state index in [-0.39, 0.29) is 11.8 Å². The molecule has 18 heavy (non-hydrogen) atoms. The Balaban J connectivity index is 2.56. The van der Waals surface area contributed by atoms with E-state index in [4.69, 9.17) is 10.2 Å². The van der Waals surface area contributed by atoms with Crippen molar-refractivity contribution >= 4 is 11.1 Å². The van der Waals surface area contributed by atoms with Crippen LogP contribution in [-0.2, 0) is 7.05 Å². The lowest BCUT2D eigenvalue weighted by Crippen LogP contribution is -2.45. The van der Waals surface area contributed by atoms with Gasteiger partial charge < -0.3 is 15.5 Å². The Morgan fingerprint density at radius 1 is 1.44 bits per heavy atom. The normalized spacial score (nSPS) is 14.1. The molecule has 1 atom stereocenters. The third-order valence-corrected chi connectivity index (χ3v) is 3.18. The second-order valence-electron chi connectivity index (χ2n) is 5.20. The van der Waals surface area contributed by atoms with E-state index in [0.29, 0.717) is 5.58 Å². The summed E-state index contributed by atoms with van der Waals surface area (Å²) in [6.07, 6.45) is 0. The standard InChI is InChI=1S/C13H19N3O2/c1-13(2,14)11(15-3)8-5-6-9-10(7-8)18-12(17)16(9)4/h5-7,11,15H,14H2,1-4H3. The van der Waals surface area contributed by atoms with Crippen molar-refractivity contribution in [3.63, 3.8) is 0 Å². The van der Waals surface area contributed by atoms with Crippen LogP contribution < -0.4 is 16.8 Å². The molecule has 5 heteroatoms. The molecular formula is C13H19N3O2. The number of nitrogens with zero attached hydrogens (tertiary/aromatic N) is 1. The molecule has 0 fully saturated rings. The number of rotatable bonds is 3. The molecule has 2 rings (SSSR count). The second-order valence-corrected chi connectivity index (χ2v) is 5.20. The number of hydrogen-bond donors (Lipinski definition) is 2. The summed E-state index contributed by atoms with van der Waals surface area (Å²) < 4.78 is 6.67. The summed E-state index contributed by atoms with van der Waals surface area (Å²) in [4.78, 5) is 11.4. The molecule has 1 aromatic heterocycles. The van der Waals surface area contributed by atoms with Gasteiger partial charge in [0, 0.05) is 18.6 Å². The van der Waals surface area contributed by atoms with Gasteiger partial charge in [0.1, 0.15) is 0 Å². The molecule has 0 saturated heterocycles. The van der Waals surface area contributed by atoms with Gasteiger partial charge in [0.15, 0.2) is 5.58 Å². The van der Waals surface area contributed by atoms with Gasteiger partial charge in [-0.1, -0.05) is 6.07 Å². The predicted molar refractivity (Wildman–Crippen MR) is 71.5 cm³/mol. The van der Waals surface area contributed by atoms with Crippen molar-refractivity contribution in [2.45, 2.75) is 25.4 Å². The lowest BCUT2D eigenvalue weighted by molar-refractivity contribution is 0.370. The number of oxazole rings is 1. The molecule has 3 N–H and O–H groups in total. The maximum absolute atomic E-state index is 11.4. The van der Waals surface area contributed by atoms with E-state index >= 15 is 0 Å². The molecule has 0 aliphatic heterocycles. The van der Waals surface area contributed by atoms with Crippen molar-refractivity contribution in [2.24, 2.45) is 12.8 Å². The Morgan fingerprint density at radius 3 is 2.67 bits per heavy atom. The molecule has 0 bridgehead atoms. The monoisotopic (exact) mass is 249 g/mol. The summed E-state index contributed by atoms with van der Waals surface area (Å²) in [5.74, 6) is -0.352. The van der Waals surface area contributed by atoms with Crippen LogP contribution in [0, 0.1) is 0 Å². The molecule has 0 aliphatic rings. The molecule has 0 saturated carbocycles. The van der Waals surface area contributed by atoms with E-state index in [1.165, 1.54) is 4.57 Å². The van der Waals surface area contributed by atoms with Crippen molar-refractivity contribution in [1.82, 2.24) is 9.88 Å². The highest BCUT2D eigenvalue weighted by Gasteiger charge is 2.25. The molecule has 0 radical (unpaired) electrons. The molecule has 1 unspecified atom stereocenters. The van der Waals surface area contributed by atoms with Gasteiger partial charge in [0.2, 0.25) is 0 Å². The fourth-order valence-corrected chi connectivity index (χ4v) is 2.30. The van der Waals surface area contributed by atoms with Crippen LogP contribution in [0.5, 0.6) is 0 Å². The first-order valence-corrected chi connectivity index (χ1v) is 5.90. The first kappa shape index (κ1) is 12.9. The van der Waals surface area contributed by atoms with E-state index in [0.717, 1.165) is 11.1 Å². The molecule has 98 valence electrons. The van der Waals surface area contributed by atoms with E-state index in [1.54, 1.807) is 7.05 Å². The van der Waals surface area contributed by atoms with Crippen LogP contribution in [0.2, 0.25) is 0 Å². The molecule has 0 aliphatic carbocycles. The minimum atomic E-state index is -0.405. The maximum atomic E-state index is 11.4. The maximum Gasteiger partial charge on any atom is 0.419 e. The van der Waals surface area contributed by atoms with Crippen molar-refractivity contribution in [2.75, 3.05) is 7.05 Å². The fraction of sp³-hybridized carbons (Fsp3) is 0.462. The van der Waals surface area contributed by atoms with Gasteiger partial charge in [0.05, 0.1) is 5.52 Å². The number of nitrogens with one attached hydrogen (secondary N) is 1. The van der Waals surface area contributed by atoms with E-state index in [2.05, 4.69) is 5.32 Å². The first-order chi connectivity index (χ1) is 8.34. The zero-order valence-corrected chi connectivity index (χ0v) is 11.2. The SMILES string of the molecule is CNC(c1ccc2c(c1)oc(=O)n2C)C(C)(C)N. The largest absolute Gasteiger partial charge is 0.419 e. The predicted octanol–water partition coefficient (Wildman–Crippen LogP) is 1.13. The van der Waals surface area contributed by atoms with Gasteiger partial charge in [-0.25, -0.2) is 4.79 Å². The van der Waals surface area contributed by atoms with Gasteiger partial charge in [-0.3, -0.25) is 4.57 Å². The zero-order valence-electron chi connectivity index (χ0n) is 11.2. The third-order valence-electron chi connectivity index (χ3n) is 3.18. The topological polar surface area (TPSA) is 73.2 Å². The van der Waals surface area contributed by atoms with Gasteiger partial charge in [-0.15, -0.1) is 0 Å². The quantitative estimate of drug-likeness (QED) is 0.855. The number of aromatic nitrogens is 1. The summed E-state index contributed by atoms with van der Waals surface area (Å²) in [5.41, 5.74) is 8.12. The molecule has 0 spiro atoms. The Bertz CT molecular complexity index is 619. The molecule has 0 amide bonds. The molecule has 1 aromatic carbocycles. The smallest absolute Gasteiger partial charge is 0.408 e. The molecule has 1 heterocycles. The summed E-state index contributed by atoms with van der Waals surface area (Å²) >= 11 is 0. The summed E-state index contributed by atoms with van der Waals surface area (Å²) in [5, 5.41) is 3.19. The number of benzene rings is 1. The number of likely N-dealkylation sites (N-methyl/N-ethyl adjacent to an activating group) is 1. The van der Waals surface area contributed by atoms with Crippen LogP contribution >= 0.6 is 0 Å². The lowest BCUT2D eigenvalue weighted by atomic mass is 9.89. The van der Waals surface area contributed by atoms with Crippen molar-refractivity contribution < 1.29 is 4.42 Å². The van der Waals surface area contributed by atoms with Gasteiger partial charge in [0.25, 0.3) is 0 Å². The van der Waals surface area contributed by atoms with Gasteiger partial charge in [-0.05, 0) is 38.6 Å². The average molecular weight is 249 g/mol. The molecule has 2 aromatic rings. The highest BCUT2D eigenvalue weighted by Crippen LogP contribution is 2.25. The highest BCUT2D eigenvalue weighted by atomic mass is 16.4. The highest BCUT2D eigenvalue weighted by molar-refractivity contribution is 5.73. The zero-order chi connectivity index (χ0) is 13.5. The minimum absolute atomic E-state index is 0.00703. The van der Waals surface area contributed by atoms with Crippen LogP contribution in [0.25, 0.3) is 11.1 Å². The second kappa shape index (κ2) is 4.26.